The van der Waals surface area contributed by atoms with Crippen LogP contribution in [0.5, 0.6) is 11.5 Å². The Labute approximate surface area is 305 Å². The van der Waals surface area contributed by atoms with Crippen molar-refractivity contribution in [1.29, 1.82) is 0 Å². The number of fused-ring (bicyclic) bond motifs is 4. The standard InChI is InChI=1S/C36H32Cl4N2O6S/c1-8-41-23-12-25-21(10-19(23)17(3)14-35(41,4)5)27(28-29(34(43)44)31(38)33(40)32(39)30(28)37)22-11-20-18(16-49(45,46)47)15-36(6,7)42(9-2)24(20)13-26(22)48-25/h3,10-15H,8-9,16H2,1-2,4-7H3,(H-,43,44,45,46,47)/p+1. The number of benzene rings is 3. The second-order valence-corrected chi connectivity index (χ2v) is 16.3. The Morgan fingerprint density at radius 3 is 2.16 bits per heavy atom. The van der Waals surface area contributed by atoms with E-state index in [1.807, 2.05) is 45.9 Å². The first-order valence-electron chi connectivity index (χ1n) is 15.4. The number of nitrogens with zero attached hydrogens (tertiary/aromatic N) is 2. The average molecular weight is 764 g/mol. The lowest BCUT2D eigenvalue weighted by Gasteiger charge is -2.43. The van der Waals surface area contributed by atoms with Gasteiger partial charge in [-0.1, -0.05) is 52.5 Å². The van der Waals surface area contributed by atoms with Gasteiger partial charge in [0.1, 0.15) is 23.8 Å². The summed E-state index contributed by atoms with van der Waals surface area (Å²) in [5.74, 6) is -1.31. The molecule has 3 aliphatic heterocycles. The molecule has 256 valence electrons. The SMILES string of the molecule is [CH]C1=CC(C)(C)N(CC)c2cc3c(cc21)C(c1c(Cl)c(Cl)c(Cl)c(Cl)c1C(=O)O)=c1cc2c(cc1O3)=[N+](CC)C(C)(C)C=C2CS(=O)(=O)O. The van der Waals surface area contributed by atoms with Gasteiger partial charge in [0.25, 0.3) is 10.1 Å². The summed E-state index contributed by atoms with van der Waals surface area (Å²) in [6.07, 6.45) is 3.75. The van der Waals surface area contributed by atoms with Crippen molar-refractivity contribution in [3.63, 3.8) is 0 Å². The van der Waals surface area contributed by atoms with Crippen LogP contribution in [0.3, 0.4) is 0 Å². The Bertz CT molecular complexity index is 2330. The highest BCUT2D eigenvalue weighted by Crippen LogP contribution is 2.50. The third-order valence-electron chi connectivity index (χ3n) is 9.32. The molecule has 3 aliphatic rings. The number of aromatic carboxylic acids is 1. The van der Waals surface area contributed by atoms with E-state index in [0.717, 1.165) is 5.69 Å². The van der Waals surface area contributed by atoms with Gasteiger partial charge in [0.2, 0.25) is 5.36 Å². The Morgan fingerprint density at radius 1 is 0.918 bits per heavy atom. The summed E-state index contributed by atoms with van der Waals surface area (Å²) >= 11 is 26.5. The number of likely N-dealkylation sites (N-methyl/N-ethyl adjacent to an activating group) is 2. The van der Waals surface area contributed by atoms with Crippen molar-refractivity contribution in [3.8, 4) is 11.5 Å². The van der Waals surface area contributed by atoms with Gasteiger partial charge in [-0.15, -0.1) is 0 Å². The summed E-state index contributed by atoms with van der Waals surface area (Å²) in [6, 6.07) is 7.20. The number of anilines is 1. The third kappa shape index (κ3) is 5.76. The monoisotopic (exact) mass is 761 g/mol. The van der Waals surface area contributed by atoms with Gasteiger partial charge in [-0.05, 0) is 64.0 Å². The molecule has 0 fully saturated rings. The maximum Gasteiger partial charge on any atom is 0.337 e. The molecule has 0 saturated heterocycles. The number of halogens is 4. The molecule has 3 aromatic rings. The molecular formula is C36H33Cl4N2O6S+. The fourth-order valence-electron chi connectivity index (χ4n) is 7.44. The van der Waals surface area contributed by atoms with E-state index in [0.29, 0.717) is 68.6 Å². The van der Waals surface area contributed by atoms with E-state index in [4.69, 9.17) is 58.1 Å². The molecule has 49 heavy (non-hydrogen) atoms. The van der Waals surface area contributed by atoms with Crippen molar-refractivity contribution < 1.29 is 27.6 Å². The van der Waals surface area contributed by atoms with Crippen LogP contribution in [0.15, 0.2) is 36.4 Å². The third-order valence-corrected chi connectivity index (χ3v) is 11.8. The molecule has 0 aromatic heterocycles. The van der Waals surface area contributed by atoms with Crippen LogP contribution in [0.1, 0.15) is 74.2 Å². The van der Waals surface area contributed by atoms with E-state index in [2.05, 4.69) is 23.3 Å². The lowest BCUT2D eigenvalue weighted by Crippen LogP contribution is -2.50. The van der Waals surface area contributed by atoms with Gasteiger partial charge in [0, 0.05) is 59.6 Å². The fraction of sp³-hybridized carbons (Fsp3) is 0.306. The van der Waals surface area contributed by atoms with Crippen LogP contribution in [0.2, 0.25) is 20.1 Å². The lowest BCUT2D eigenvalue weighted by molar-refractivity contribution is 0.0696. The van der Waals surface area contributed by atoms with Gasteiger partial charge in [-0.2, -0.15) is 8.42 Å². The topological polar surface area (TPSA) is 107 Å². The second-order valence-electron chi connectivity index (χ2n) is 13.3. The summed E-state index contributed by atoms with van der Waals surface area (Å²) in [7, 11) is -4.45. The van der Waals surface area contributed by atoms with Gasteiger partial charge in [0.05, 0.1) is 42.8 Å². The molecule has 13 heteroatoms. The van der Waals surface area contributed by atoms with Crippen molar-refractivity contribution in [2.45, 2.75) is 52.6 Å². The molecule has 3 aromatic carbocycles. The normalized spacial score (nSPS) is 17.3. The lowest BCUT2D eigenvalue weighted by atomic mass is 9.83. The predicted octanol–water partition coefficient (Wildman–Crippen LogP) is 7.64. The number of rotatable bonds is 6. The number of carbonyl (C=O) groups is 1. The van der Waals surface area contributed by atoms with Crippen molar-refractivity contribution in [2.75, 3.05) is 23.7 Å². The molecule has 3 heterocycles. The molecule has 0 unspecified atom stereocenters. The molecule has 0 amide bonds. The molecule has 0 saturated carbocycles. The largest absolute Gasteiger partial charge is 0.478 e. The highest BCUT2D eigenvalue weighted by Gasteiger charge is 2.39. The van der Waals surface area contributed by atoms with E-state index >= 15 is 0 Å². The van der Waals surface area contributed by atoms with Crippen LogP contribution in [0.25, 0.3) is 16.7 Å². The summed E-state index contributed by atoms with van der Waals surface area (Å²) in [4.78, 5) is 15.1. The maximum atomic E-state index is 12.9. The van der Waals surface area contributed by atoms with E-state index in [1.165, 1.54) is 0 Å². The van der Waals surface area contributed by atoms with Crippen molar-refractivity contribution in [3.05, 3.63) is 102 Å². The van der Waals surface area contributed by atoms with Crippen LogP contribution in [-0.2, 0) is 10.1 Å². The first-order valence-corrected chi connectivity index (χ1v) is 18.6. The number of carboxylic acid groups (broad SMARTS) is 1. The van der Waals surface area contributed by atoms with Crippen LogP contribution >= 0.6 is 46.4 Å². The molecule has 0 atom stereocenters. The highest BCUT2D eigenvalue weighted by atomic mass is 35.5. The van der Waals surface area contributed by atoms with Crippen molar-refractivity contribution in [1.82, 2.24) is 4.58 Å². The predicted molar refractivity (Wildman–Crippen MR) is 197 cm³/mol. The number of hydrogen-bond donors (Lipinski definition) is 2. The highest BCUT2D eigenvalue weighted by molar-refractivity contribution is 7.86. The minimum atomic E-state index is -4.45. The molecule has 2 N–H and O–H groups in total. The molecule has 0 spiro atoms. The summed E-state index contributed by atoms with van der Waals surface area (Å²) < 4.78 is 43.3. The zero-order valence-electron chi connectivity index (χ0n) is 27.5. The second kappa shape index (κ2) is 12.0. The van der Waals surface area contributed by atoms with Crippen LogP contribution < -0.4 is 24.8 Å². The van der Waals surface area contributed by atoms with E-state index in [-0.39, 0.29) is 31.2 Å². The number of allylic oxidation sites excluding steroid dienone is 1. The molecule has 6 rings (SSSR count). The molecule has 8 nitrogen and oxygen atoms in total. The fourth-order valence-corrected chi connectivity index (χ4v) is 9.10. The zero-order chi connectivity index (χ0) is 36.1. The average Bonchev–Trinajstić information content (AvgIpc) is 2.98. The van der Waals surface area contributed by atoms with Crippen LogP contribution in [0, 0.1) is 6.92 Å². The molecule has 0 aliphatic carbocycles. The smallest absolute Gasteiger partial charge is 0.337 e. The van der Waals surface area contributed by atoms with Gasteiger partial charge in [-0.25, -0.2) is 9.37 Å². The van der Waals surface area contributed by atoms with Crippen molar-refractivity contribution in [2.24, 2.45) is 0 Å². The number of carboxylic acids is 1. The van der Waals surface area contributed by atoms with E-state index in [9.17, 15) is 22.9 Å². The number of hydrogen-bond acceptors (Lipinski definition) is 5. The van der Waals surface area contributed by atoms with Gasteiger partial charge >= 0.3 is 5.97 Å². The summed E-state index contributed by atoms with van der Waals surface area (Å²) in [5.41, 5.74) is 2.19. The quantitative estimate of drug-likeness (QED) is 0.0901. The van der Waals surface area contributed by atoms with Crippen molar-refractivity contribution >= 4 is 84.9 Å². The van der Waals surface area contributed by atoms with Gasteiger partial charge in [0.15, 0.2) is 5.54 Å². The summed E-state index contributed by atoms with van der Waals surface area (Å²) in [6.45, 7) is 19.9. The zero-order valence-corrected chi connectivity index (χ0v) is 31.3. The first kappa shape index (κ1) is 35.8. The van der Waals surface area contributed by atoms with Gasteiger partial charge in [-0.3, -0.25) is 4.55 Å². The Kier molecular flexibility index (Phi) is 8.78. The molecule has 0 bridgehead atoms. The minimum Gasteiger partial charge on any atom is -0.478 e. The molecular weight excluding hydrogens is 730 g/mol. The van der Waals surface area contributed by atoms with E-state index in [1.54, 1.807) is 18.2 Å². The summed E-state index contributed by atoms with van der Waals surface area (Å²) in [5, 5.41) is 10.7. The van der Waals surface area contributed by atoms with Crippen LogP contribution in [-0.4, -0.2) is 54.0 Å². The minimum absolute atomic E-state index is 0.00546. The first-order chi connectivity index (χ1) is 22.7. The molecule has 2 radical (unpaired) electrons. The Hall–Kier alpha value is -3.05. The van der Waals surface area contributed by atoms with Crippen LogP contribution in [0.4, 0.5) is 5.69 Å². The van der Waals surface area contributed by atoms with E-state index < -0.39 is 32.9 Å². The number of ether oxygens (including phenoxy) is 1. The Balaban J connectivity index is 1.86. The maximum absolute atomic E-state index is 12.9. The Morgan fingerprint density at radius 2 is 1.57 bits per heavy atom. The van der Waals surface area contributed by atoms with Gasteiger partial charge < -0.3 is 14.7 Å².